The first-order chi connectivity index (χ1) is 10.1. The fraction of sp³-hybridized carbons (Fsp3) is 0.278. The summed E-state index contributed by atoms with van der Waals surface area (Å²) in [7, 11) is 0. The van der Waals surface area contributed by atoms with Crippen molar-refractivity contribution < 1.29 is 4.79 Å². The average molecular weight is 280 g/mol. The molecule has 2 aromatic rings. The smallest absolute Gasteiger partial charge is 0.229 e. The SMILES string of the molecule is Cc1ccc(C(C)NC(=O)C2CNc3ccccc32)cc1. The van der Waals surface area contributed by atoms with Crippen LogP contribution < -0.4 is 10.6 Å². The van der Waals surface area contributed by atoms with Gasteiger partial charge < -0.3 is 10.6 Å². The number of hydrogen-bond acceptors (Lipinski definition) is 2. The number of carbonyl (C=O) groups excluding carboxylic acids is 1. The summed E-state index contributed by atoms with van der Waals surface area (Å²) in [4.78, 5) is 12.5. The van der Waals surface area contributed by atoms with E-state index in [1.165, 1.54) is 5.56 Å². The Balaban J connectivity index is 1.71. The number of fused-ring (bicyclic) bond motifs is 1. The molecule has 0 saturated carbocycles. The third kappa shape index (κ3) is 2.77. The molecule has 0 aromatic heterocycles. The number of benzene rings is 2. The van der Waals surface area contributed by atoms with Crippen molar-refractivity contribution in [3.05, 3.63) is 65.2 Å². The Morgan fingerprint density at radius 1 is 1.19 bits per heavy atom. The van der Waals surface area contributed by atoms with Crippen molar-refractivity contribution >= 4 is 11.6 Å². The van der Waals surface area contributed by atoms with Crippen LogP contribution in [0.25, 0.3) is 0 Å². The molecule has 3 rings (SSSR count). The number of anilines is 1. The van der Waals surface area contributed by atoms with Crippen LogP contribution in [0.5, 0.6) is 0 Å². The van der Waals surface area contributed by atoms with Crippen LogP contribution in [0.3, 0.4) is 0 Å². The van der Waals surface area contributed by atoms with Gasteiger partial charge in [0.05, 0.1) is 12.0 Å². The first-order valence-corrected chi connectivity index (χ1v) is 7.35. The molecule has 2 N–H and O–H groups in total. The van der Waals surface area contributed by atoms with Crippen LogP contribution in [0.2, 0.25) is 0 Å². The van der Waals surface area contributed by atoms with Gasteiger partial charge >= 0.3 is 0 Å². The summed E-state index contributed by atoms with van der Waals surface area (Å²) in [6, 6.07) is 16.3. The second-order valence-electron chi connectivity index (χ2n) is 5.66. The Morgan fingerprint density at radius 3 is 2.67 bits per heavy atom. The zero-order valence-electron chi connectivity index (χ0n) is 12.4. The summed E-state index contributed by atoms with van der Waals surface area (Å²) in [6.45, 7) is 4.76. The van der Waals surface area contributed by atoms with E-state index in [1.54, 1.807) is 0 Å². The van der Waals surface area contributed by atoms with Gasteiger partial charge in [-0.2, -0.15) is 0 Å². The van der Waals surface area contributed by atoms with Crippen molar-refractivity contribution in [3.63, 3.8) is 0 Å². The second kappa shape index (κ2) is 5.60. The molecule has 108 valence electrons. The van der Waals surface area contributed by atoms with E-state index in [1.807, 2.05) is 31.2 Å². The topological polar surface area (TPSA) is 41.1 Å². The highest BCUT2D eigenvalue weighted by atomic mass is 16.2. The van der Waals surface area contributed by atoms with Crippen LogP contribution >= 0.6 is 0 Å². The quantitative estimate of drug-likeness (QED) is 0.905. The van der Waals surface area contributed by atoms with Gasteiger partial charge in [0.2, 0.25) is 5.91 Å². The first kappa shape index (κ1) is 13.7. The van der Waals surface area contributed by atoms with E-state index in [9.17, 15) is 4.79 Å². The normalized spacial score (nSPS) is 17.7. The summed E-state index contributed by atoms with van der Waals surface area (Å²) in [6.07, 6.45) is 0. The van der Waals surface area contributed by atoms with Crippen molar-refractivity contribution in [2.24, 2.45) is 0 Å². The maximum Gasteiger partial charge on any atom is 0.229 e. The fourth-order valence-corrected chi connectivity index (χ4v) is 2.77. The molecule has 21 heavy (non-hydrogen) atoms. The molecule has 1 amide bonds. The highest BCUT2D eigenvalue weighted by molar-refractivity contribution is 5.88. The van der Waals surface area contributed by atoms with Gasteiger partial charge in [-0.25, -0.2) is 0 Å². The molecule has 0 fully saturated rings. The standard InChI is InChI=1S/C18H20N2O/c1-12-7-9-14(10-8-12)13(2)20-18(21)16-11-19-17-6-4-3-5-15(16)17/h3-10,13,16,19H,11H2,1-2H3,(H,20,21). The van der Waals surface area contributed by atoms with Crippen molar-refractivity contribution in [2.75, 3.05) is 11.9 Å². The zero-order chi connectivity index (χ0) is 14.8. The third-order valence-electron chi connectivity index (χ3n) is 4.09. The lowest BCUT2D eigenvalue weighted by molar-refractivity contribution is -0.122. The van der Waals surface area contributed by atoms with Crippen molar-refractivity contribution in [1.29, 1.82) is 0 Å². The molecule has 0 aliphatic carbocycles. The molecule has 1 heterocycles. The number of aryl methyl sites for hydroxylation is 1. The van der Waals surface area contributed by atoms with Crippen LogP contribution in [-0.4, -0.2) is 12.5 Å². The van der Waals surface area contributed by atoms with E-state index in [-0.39, 0.29) is 17.9 Å². The summed E-state index contributed by atoms with van der Waals surface area (Å²) in [5, 5.41) is 6.41. The van der Waals surface area contributed by atoms with Crippen LogP contribution in [0.4, 0.5) is 5.69 Å². The van der Waals surface area contributed by atoms with E-state index < -0.39 is 0 Å². The van der Waals surface area contributed by atoms with Gasteiger partial charge in [-0.15, -0.1) is 0 Å². The van der Waals surface area contributed by atoms with Gasteiger partial charge in [0, 0.05) is 12.2 Å². The molecule has 0 saturated heterocycles. The van der Waals surface area contributed by atoms with Crippen molar-refractivity contribution in [3.8, 4) is 0 Å². The Bertz CT molecular complexity index is 649. The number of amides is 1. The van der Waals surface area contributed by atoms with Gasteiger partial charge in [0.25, 0.3) is 0 Å². The first-order valence-electron chi connectivity index (χ1n) is 7.35. The predicted molar refractivity (Wildman–Crippen MR) is 85.4 cm³/mol. The Morgan fingerprint density at radius 2 is 1.90 bits per heavy atom. The monoisotopic (exact) mass is 280 g/mol. The van der Waals surface area contributed by atoms with Gasteiger partial charge in [0.1, 0.15) is 0 Å². The number of para-hydroxylation sites is 1. The molecular weight excluding hydrogens is 260 g/mol. The molecule has 3 heteroatoms. The summed E-state index contributed by atoms with van der Waals surface area (Å²) >= 11 is 0. The summed E-state index contributed by atoms with van der Waals surface area (Å²) in [5.41, 5.74) is 4.52. The number of hydrogen-bond donors (Lipinski definition) is 2. The Labute approximate surface area is 125 Å². The maximum atomic E-state index is 12.5. The van der Waals surface area contributed by atoms with Crippen molar-refractivity contribution in [1.82, 2.24) is 5.32 Å². The second-order valence-corrected chi connectivity index (χ2v) is 5.66. The Hall–Kier alpha value is -2.29. The molecule has 0 radical (unpaired) electrons. The van der Waals surface area contributed by atoms with E-state index in [4.69, 9.17) is 0 Å². The molecule has 1 aliphatic heterocycles. The van der Waals surface area contributed by atoms with Crippen molar-refractivity contribution in [2.45, 2.75) is 25.8 Å². The van der Waals surface area contributed by atoms with Crippen LogP contribution in [0.1, 0.15) is 35.6 Å². The fourth-order valence-electron chi connectivity index (χ4n) is 2.77. The lowest BCUT2D eigenvalue weighted by Crippen LogP contribution is -2.32. The highest BCUT2D eigenvalue weighted by Gasteiger charge is 2.28. The molecule has 2 atom stereocenters. The largest absolute Gasteiger partial charge is 0.384 e. The molecule has 0 spiro atoms. The van der Waals surface area contributed by atoms with E-state index in [2.05, 4.69) is 41.8 Å². The van der Waals surface area contributed by atoms with E-state index in [0.717, 1.165) is 16.8 Å². The maximum absolute atomic E-state index is 12.5. The zero-order valence-corrected chi connectivity index (χ0v) is 12.4. The van der Waals surface area contributed by atoms with E-state index in [0.29, 0.717) is 6.54 Å². The van der Waals surface area contributed by atoms with Crippen LogP contribution in [0, 0.1) is 6.92 Å². The minimum Gasteiger partial charge on any atom is -0.384 e. The van der Waals surface area contributed by atoms with Crippen LogP contribution in [0.15, 0.2) is 48.5 Å². The third-order valence-corrected chi connectivity index (χ3v) is 4.09. The van der Waals surface area contributed by atoms with Gasteiger partial charge in [-0.3, -0.25) is 4.79 Å². The van der Waals surface area contributed by atoms with Crippen LogP contribution in [-0.2, 0) is 4.79 Å². The molecular formula is C18H20N2O. The number of rotatable bonds is 3. The summed E-state index contributed by atoms with van der Waals surface area (Å²) < 4.78 is 0. The average Bonchev–Trinajstić information content (AvgIpc) is 2.92. The van der Waals surface area contributed by atoms with Gasteiger partial charge in [-0.05, 0) is 31.0 Å². The van der Waals surface area contributed by atoms with E-state index >= 15 is 0 Å². The minimum atomic E-state index is -0.103. The molecule has 0 bridgehead atoms. The highest BCUT2D eigenvalue weighted by Crippen LogP contribution is 2.31. The molecule has 1 aliphatic rings. The molecule has 3 nitrogen and oxygen atoms in total. The molecule has 2 unspecified atom stereocenters. The molecule has 2 aromatic carbocycles. The predicted octanol–water partition coefficient (Wildman–Crippen LogP) is 3.38. The summed E-state index contributed by atoms with van der Waals surface area (Å²) in [5.74, 6) is -0.0189. The lowest BCUT2D eigenvalue weighted by Gasteiger charge is -2.18. The number of carbonyl (C=O) groups is 1. The Kier molecular flexibility index (Phi) is 3.65. The number of nitrogens with one attached hydrogen (secondary N) is 2. The minimum absolute atomic E-state index is 0.0193. The van der Waals surface area contributed by atoms with Gasteiger partial charge in [-0.1, -0.05) is 48.0 Å². The van der Waals surface area contributed by atoms with Gasteiger partial charge in [0.15, 0.2) is 0 Å². The lowest BCUT2D eigenvalue weighted by atomic mass is 9.99.